The van der Waals surface area contributed by atoms with Gasteiger partial charge in [-0.2, -0.15) is 0 Å². The zero-order valence-corrected chi connectivity index (χ0v) is 7.94. The third-order valence-corrected chi connectivity index (χ3v) is 2.08. The van der Waals surface area contributed by atoms with E-state index in [0.717, 1.165) is 11.6 Å². The van der Waals surface area contributed by atoms with E-state index in [2.05, 4.69) is 0 Å². The molecule has 1 heterocycles. The van der Waals surface area contributed by atoms with E-state index in [0.29, 0.717) is 5.39 Å². The first-order valence-electron chi connectivity index (χ1n) is 4.34. The van der Waals surface area contributed by atoms with Crippen molar-refractivity contribution in [1.82, 2.24) is 0 Å². The molecule has 1 aromatic heterocycles. The van der Waals surface area contributed by atoms with Crippen LogP contribution in [0.5, 0.6) is 0 Å². The summed E-state index contributed by atoms with van der Waals surface area (Å²) in [4.78, 5) is 22.0. The minimum atomic E-state index is -1.49. The molecule has 0 spiro atoms. The van der Waals surface area contributed by atoms with Crippen LogP contribution in [0.1, 0.15) is 16.1 Å². The summed E-state index contributed by atoms with van der Waals surface area (Å²) in [5, 5.41) is 10.9. The number of carboxylic acids is 1. The molecule has 0 bridgehead atoms. The number of aryl methyl sites for hydroxylation is 1. The summed E-state index contributed by atoms with van der Waals surface area (Å²) in [7, 11) is 0. The molecule has 0 unspecified atom stereocenters. The third kappa shape index (κ3) is 1.61. The minimum absolute atomic E-state index is 0.257. The lowest BCUT2D eigenvalue weighted by atomic mass is 10.1. The molecule has 0 aliphatic heterocycles. The number of carbonyl (C=O) groups is 1. The lowest BCUT2D eigenvalue weighted by Gasteiger charge is -2.03. The van der Waals surface area contributed by atoms with Gasteiger partial charge in [0.05, 0.1) is 5.39 Å². The van der Waals surface area contributed by atoms with Crippen LogP contribution in [0.3, 0.4) is 0 Å². The number of fused-ring (bicyclic) bond motifs is 1. The zero-order chi connectivity index (χ0) is 11.0. The minimum Gasteiger partial charge on any atom is -0.542 e. The molecule has 0 aliphatic carbocycles. The van der Waals surface area contributed by atoms with E-state index in [1.165, 1.54) is 0 Å². The highest BCUT2D eigenvalue weighted by Crippen LogP contribution is 2.13. The fourth-order valence-corrected chi connectivity index (χ4v) is 1.37. The van der Waals surface area contributed by atoms with E-state index in [9.17, 15) is 14.7 Å². The van der Waals surface area contributed by atoms with Crippen LogP contribution in [0.15, 0.2) is 33.5 Å². The van der Waals surface area contributed by atoms with Gasteiger partial charge in [0.15, 0.2) is 11.2 Å². The van der Waals surface area contributed by atoms with E-state index in [4.69, 9.17) is 4.42 Å². The smallest absolute Gasteiger partial charge is 0.193 e. The summed E-state index contributed by atoms with van der Waals surface area (Å²) in [6, 6.07) is 5.89. The van der Waals surface area contributed by atoms with E-state index in [1.807, 2.05) is 6.92 Å². The summed E-state index contributed by atoms with van der Waals surface area (Å²) in [5.41, 5.74) is 0.794. The van der Waals surface area contributed by atoms with Gasteiger partial charge in [-0.05, 0) is 19.1 Å². The molecule has 0 aliphatic rings. The van der Waals surface area contributed by atoms with Crippen molar-refractivity contribution in [2.45, 2.75) is 6.92 Å². The van der Waals surface area contributed by atoms with Gasteiger partial charge in [-0.1, -0.05) is 11.6 Å². The topological polar surface area (TPSA) is 70.3 Å². The van der Waals surface area contributed by atoms with Crippen LogP contribution in [-0.2, 0) is 0 Å². The highest BCUT2D eigenvalue weighted by Gasteiger charge is 2.05. The van der Waals surface area contributed by atoms with Gasteiger partial charge in [-0.25, -0.2) is 0 Å². The van der Waals surface area contributed by atoms with Gasteiger partial charge < -0.3 is 14.3 Å². The first kappa shape index (κ1) is 9.45. The Morgan fingerprint density at radius 3 is 2.73 bits per heavy atom. The molecule has 0 saturated heterocycles. The molecule has 0 saturated carbocycles. The maximum Gasteiger partial charge on any atom is 0.193 e. The number of carboxylic acid groups (broad SMARTS) is 1. The number of benzene rings is 1. The molecular formula is C11H7O4-. The lowest BCUT2D eigenvalue weighted by molar-refractivity contribution is -0.257. The van der Waals surface area contributed by atoms with Gasteiger partial charge in [0.2, 0.25) is 0 Å². The highest BCUT2D eigenvalue weighted by molar-refractivity contribution is 5.86. The maximum absolute atomic E-state index is 11.5. The monoisotopic (exact) mass is 203 g/mol. The molecular weight excluding hydrogens is 196 g/mol. The van der Waals surface area contributed by atoms with Crippen molar-refractivity contribution in [2.24, 2.45) is 0 Å². The Balaban J connectivity index is 2.84. The molecule has 4 heteroatoms. The van der Waals surface area contributed by atoms with E-state index in [-0.39, 0.29) is 11.0 Å². The van der Waals surface area contributed by atoms with Crippen molar-refractivity contribution >= 4 is 16.9 Å². The predicted molar refractivity (Wildman–Crippen MR) is 51.6 cm³/mol. The molecule has 1 aromatic carbocycles. The van der Waals surface area contributed by atoms with Crippen molar-refractivity contribution in [3.63, 3.8) is 0 Å². The average Bonchev–Trinajstić information content (AvgIpc) is 2.18. The molecule has 0 radical (unpaired) electrons. The van der Waals surface area contributed by atoms with E-state index in [1.54, 1.807) is 18.2 Å². The average molecular weight is 203 g/mol. The maximum atomic E-state index is 11.5. The standard InChI is InChI=1S/C11H8O4/c1-6-2-3-9-7(4-6)8(12)5-10(15-9)11(13)14/h2-5H,1H3,(H,13,14)/p-1. The number of hydrogen-bond acceptors (Lipinski definition) is 4. The van der Waals surface area contributed by atoms with Crippen LogP contribution in [0.25, 0.3) is 11.0 Å². The Bertz CT molecular complexity index is 595. The Labute approximate surface area is 84.8 Å². The summed E-state index contributed by atoms with van der Waals surface area (Å²) in [6.07, 6.45) is 0. The number of carbonyl (C=O) groups excluding carboxylic acids is 1. The second-order valence-electron chi connectivity index (χ2n) is 3.26. The molecule has 0 atom stereocenters. The number of hydrogen-bond donors (Lipinski definition) is 0. The SMILES string of the molecule is Cc1ccc2oc(C(=O)[O-])cc(=O)c2c1. The van der Waals surface area contributed by atoms with Crippen LogP contribution in [0.2, 0.25) is 0 Å². The lowest BCUT2D eigenvalue weighted by Crippen LogP contribution is -2.23. The van der Waals surface area contributed by atoms with E-state index < -0.39 is 11.7 Å². The third-order valence-electron chi connectivity index (χ3n) is 2.08. The molecule has 0 fully saturated rings. The van der Waals surface area contributed by atoms with Crippen LogP contribution < -0.4 is 10.5 Å². The predicted octanol–water partition coefficient (Wildman–Crippen LogP) is 0.465. The van der Waals surface area contributed by atoms with Crippen molar-refractivity contribution in [2.75, 3.05) is 0 Å². The van der Waals surface area contributed by atoms with Crippen LogP contribution in [-0.4, -0.2) is 5.97 Å². The number of aromatic carboxylic acids is 1. The van der Waals surface area contributed by atoms with Gasteiger partial charge in [-0.15, -0.1) is 0 Å². The largest absolute Gasteiger partial charge is 0.542 e. The van der Waals surface area contributed by atoms with Crippen LogP contribution in [0, 0.1) is 6.92 Å². The molecule has 2 aromatic rings. The fraction of sp³-hybridized carbons (Fsp3) is 0.0909. The van der Waals surface area contributed by atoms with Crippen molar-refractivity contribution < 1.29 is 14.3 Å². The molecule has 0 N–H and O–H groups in total. The van der Waals surface area contributed by atoms with Gasteiger partial charge >= 0.3 is 0 Å². The highest BCUT2D eigenvalue weighted by atomic mass is 16.4. The normalized spacial score (nSPS) is 10.5. The Hall–Kier alpha value is -2.10. The molecule has 2 rings (SSSR count). The summed E-state index contributed by atoms with van der Waals surface area (Å²) in [6.45, 7) is 1.84. The Kier molecular flexibility index (Phi) is 2.04. The molecule has 76 valence electrons. The fourth-order valence-electron chi connectivity index (χ4n) is 1.37. The van der Waals surface area contributed by atoms with Gasteiger partial charge in [-0.3, -0.25) is 4.79 Å². The zero-order valence-electron chi connectivity index (χ0n) is 7.94. The number of rotatable bonds is 1. The first-order valence-corrected chi connectivity index (χ1v) is 4.34. The van der Waals surface area contributed by atoms with Crippen molar-refractivity contribution in [3.05, 3.63) is 45.8 Å². The summed E-state index contributed by atoms with van der Waals surface area (Å²) in [5.74, 6) is -1.94. The van der Waals surface area contributed by atoms with Gasteiger partial charge in [0.1, 0.15) is 11.6 Å². The van der Waals surface area contributed by atoms with Gasteiger partial charge in [0.25, 0.3) is 0 Å². The molecule has 15 heavy (non-hydrogen) atoms. The summed E-state index contributed by atoms with van der Waals surface area (Å²) >= 11 is 0. The van der Waals surface area contributed by atoms with Gasteiger partial charge in [0, 0.05) is 6.07 Å². The van der Waals surface area contributed by atoms with Crippen molar-refractivity contribution in [3.8, 4) is 0 Å². The van der Waals surface area contributed by atoms with E-state index >= 15 is 0 Å². The molecule has 4 nitrogen and oxygen atoms in total. The van der Waals surface area contributed by atoms with Crippen molar-refractivity contribution in [1.29, 1.82) is 0 Å². The Morgan fingerprint density at radius 2 is 2.07 bits per heavy atom. The molecule has 0 amide bonds. The van der Waals surface area contributed by atoms with Crippen LogP contribution >= 0.6 is 0 Å². The Morgan fingerprint density at radius 1 is 1.33 bits per heavy atom. The van der Waals surface area contributed by atoms with Crippen LogP contribution in [0.4, 0.5) is 0 Å². The second-order valence-corrected chi connectivity index (χ2v) is 3.26. The quantitative estimate of drug-likeness (QED) is 0.675. The summed E-state index contributed by atoms with van der Waals surface area (Å²) < 4.78 is 5.00. The second kappa shape index (κ2) is 3.24. The first-order chi connectivity index (χ1) is 7.08.